The van der Waals surface area contributed by atoms with Gasteiger partial charge < -0.3 is 79.1 Å². The Hall–Kier alpha value is -4.84. The van der Waals surface area contributed by atoms with Crippen molar-refractivity contribution in [3.8, 4) is 0 Å². The molecule has 3 aliphatic heterocycles. The second-order valence-electron chi connectivity index (χ2n) is 16.7. The third-order valence-electron chi connectivity index (χ3n) is 11.9. The van der Waals surface area contributed by atoms with Crippen LogP contribution in [0, 0.1) is 5.92 Å². The summed E-state index contributed by atoms with van der Waals surface area (Å²) in [5.74, 6) is -1.46. The van der Waals surface area contributed by atoms with Crippen LogP contribution in [0.2, 0.25) is 0 Å². The van der Waals surface area contributed by atoms with Gasteiger partial charge in [0.2, 0.25) is 11.7 Å². The molecule has 8 heterocycles. The van der Waals surface area contributed by atoms with E-state index in [4.69, 9.17) is 48.7 Å². The third-order valence-corrected chi connectivity index (χ3v) is 18.0. The van der Waals surface area contributed by atoms with Gasteiger partial charge in [-0.3, -0.25) is 42.3 Å². The summed E-state index contributed by atoms with van der Waals surface area (Å²) in [7, 11) is -21.3. The van der Waals surface area contributed by atoms with Gasteiger partial charge in [0.25, 0.3) is 17.1 Å². The zero-order chi connectivity index (χ0) is 54.5. The van der Waals surface area contributed by atoms with Crippen LogP contribution in [-0.2, 0) is 70.7 Å². The van der Waals surface area contributed by atoms with Gasteiger partial charge >= 0.3 is 34.8 Å². The highest BCUT2D eigenvalue weighted by atomic mass is 31.3. The number of phosphoric ester groups is 2. The van der Waals surface area contributed by atoms with Gasteiger partial charge in [-0.25, -0.2) is 38.0 Å². The Labute approximate surface area is 418 Å². The van der Waals surface area contributed by atoms with Gasteiger partial charge in [0.05, 0.1) is 57.2 Å². The van der Waals surface area contributed by atoms with E-state index in [1.54, 1.807) is 0 Å². The van der Waals surface area contributed by atoms with Crippen LogP contribution in [0.15, 0.2) is 58.3 Å². The number of H-pyrrole nitrogens is 2. The van der Waals surface area contributed by atoms with Gasteiger partial charge in [-0.15, -0.1) is 0 Å². The molecular formula is C35H48N12O24P4. The number of aliphatic hydroxyl groups is 3. The predicted octanol–water partition coefficient (Wildman–Crippen LogP) is -3.89. The summed E-state index contributed by atoms with van der Waals surface area (Å²) in [5.41, 5.74) is 7.09. The van der Waals surface area contributed by atoms with Gasteiger partial charge in [-0.1, -0.05) is 17.6 Å². The molecule has 5 aromatic heterocycles. The van der Waals surface area contributed by atoms with Crippen LogP contribution in [-0.4, -0.2) is 163 Å². The van der Waals surface area contributed by atoms with Crippen molar-refractivity contribution < 1.29 is 104 Å². The molecule has 0 saturated carbocycles. The second-order valence-corrected chi connectivity index (χ2v) is 23.2. The molecule has 16 atom stereocenters. The highest BCUT2D eigenvalue weighted by molar-refractivity contribution is 7.66. The molecule has 75 heavy (non-hydrogen) atoms. The maximum absolute atomic E-state index is 14.2. The number of hydrogen-bond donors (Lipinski definition) is 10. The van der Waals surface area contributed by atoms with Crippen molar-refractivity contribution in [1.82, 2.24) is 43.6 Å². The number of aromatic nitrogens is 10. The fraction of sp³-hybridized carbons (Fsp3) is 0.543. The van der Waals surface area contributed by atoms with Gasteiger partial charge in [-0.05, 0) is 0 Å². The fourth-order valence-corrected chi connectivity index (χ4v) is 13.9. The molecule has 36 nitrogen and oxygen atoms in total. The lowest BCUT2D eigenvalue weighted by Gasteiger charge is -2.35. The number of nitrogens with two attached hydrogens (primary N) is 2. The van der Waals surface area contributed by atoms with Crippen LogP contribution < -0.4 is 37.7 Å². The number of rotatable bonds is 22. The van der Waals surface area contributed by atoms with Gasteiger partial charge in [0.1, 0.15) is 50.0 Å². The highest BCUT2D eigenvalue weighted by Gasteiger charge is 2.55. The Morgan fingerprint density at radius 3 is 2.16 bits per heavy atom. The predicted molar refractivity (Wildman–Crippen MR) is 243 cm³/mol. The van der Waals surface area contributed by atoms with Crippen LogP contribution >= 0.6 is 31.1 Å². The van der Waals surface area contributed by atoms with Crippen LogP contribution in [0.4, 0.5) is 11.8 Å². The number of anilines is 2. The quantitative estimate of drug-likeness (QED) is 0.0180. The fourth-order valence-electron chi connectivity index (χ4n) is 8.64. The number of hydrogen-bond acceptors (Lipinski definition) is 27. The summed E-state index contributed by atoms with van der Waals surface area (Å²) in [6.07, 6.45) is -10.6. The largest absolute Gasteiger partial charge is 0.778 e. The average molecular weight is 1140 g/mol. The number of allylic oxidation sites excluding steroid dienone is 1. The monoisotopic (exact) mass is 1140 g/mol. The summed E-state index contributed by atoms with van der Waals surface area (Å²) < 4.78 is 110. The van der Waals surface area contributed by atoms with E-state index < -0.39 is 141 Å². The van der Waals surface area contributed by atoms with E-state index in [1.165, 1.54) is 28.6 Å². The minimum atomic E-state index is -6.22. The zero-order valence-corrected chi connectivity index (χ0v) is 42.3. The molecule has 8 rings (SSSR count). The number of imidazole rings is 2. The maximum atomic E-state index is 14.2. The molecule has 412 valence electrons. The number of nitrogens with one attached hydrogen (secondary N) is 2. The van der Waals surface area contributed by atoms with Crippen molar-refractivity contribution in [2.75, 3.05) is 52.1 Å². The van der Waals surface area contributed by atoms with Crippen molar-refractivity contribution in [1.29, 1.82) is 0 Å². The number of ether oxygens (including phenoxy) is 5. The maximum Gasteiger partial charge on any atom is 0.490 e. The lowest BCUT2D eigenvalue weighted by atomic mass is 9.99. The van der Waals surface area contributed by atoms with Crippen molar-refractivity contribution in [2.24, 2.45) is 5.92 Å². The lowest BCUT2D eigenvalue weighted by molar-refractivity contribution is -0.746. The Bertz CT molecular complexity index is 3320. The minimum absolute atomic E-state index is 0.0123. The van der Waals surface area contributed by atoms with Crippen LogP contribution in [0.1, 0.15) is 18.7 Å². The summed E-state index contributed by atoms with van der Waals surface area (Å²) in [5, 5.41) is 32.8. The molecule has 5 aromatic rings. The summed E-state index contributed by atoms with van der Waals surface area (Å²) in [4.78, 5) is 103. The van der Waals surface area contributed by atoms with E-state index in [0.717, 1.165) is 41.2 Å². The number of nitrogen functional groups attached to an aromatic ring is 2. The molecule has 4 unspecified atom stereocenters. The van der Waals surface area contributed by atoms with E-state index in [2.05, 4.69) is 40.1 Å². The highest BCUT2D eigenvalue weighted by Crippen LogP contribution is 2.68. The normalized spacial score (nSPS) is 30.3. The molecule has 0 spiro atoms. The summed E-state index contributed by atoms with van der Waals surface area (Å²) in [6.45, 7) is 0.0926. The Balaban J connectivity index is 0.959. The van der Waals surface area contributed by atoms with Crippen LogP contribution in [0.25, 0.3) is 22.3 Å². The smallest absolute Gasteiger partial charge is 0.490 e. The first-order valence-corrected chi connectivity index (χ1v) is 27.7. The summed E-state index contributed by atoms with van der Waals surface area (Å²) >= 11 is 0. The minimum Gasteiger partial charge on any atom is -0.778 e. The molecule has 12 N–H and O–H groups in total. The number of phosphoric acid groups is 3. The molecule has 0 amide bonds. The SMILES string of the molecule is C=CCn1c[n+]([C@@H]2O[C@H](COP(=O)(O)OP(=O)(O)OP(=O)(O)OC[C@H]3O[C@@H](n4cnc5c(N)ncnc54)[C@H](OC)[C@@H]3P(=O)([O-])OC[C@H]3O[C@@H](n4ccc(=O)[nH]c4=O)[C@H](O)[C@@H]3O)[C@@H](COC)[C@H]2O)c2nc(N)[nH]c(=O)c21. The zero-order valence-electron chi connectivity index (χ0n) is 38.7. The Morgan fingerprint density at radius 2 is 1.51 bits per heavy atom. The summed E-state index contributed by atoms with van der Waals surface area (Å²) in [6, 6.07) is 0.916. The van der Waals surface area contributed by atoms with Crippen molar-refractivity contribution in [2.45, 2.75) is 73.6 Å². The topological polar surface area (TPSA) is 510 Å². The number of nitrogens with zero attached hydrogens (tertiary/aromatic N) is 8. The standard InChI is InChI=1S/C35H48N12O24P4/c1-4-6-44-14-47(29-21(44)30(52)43-34(37)42-29)31-22(49)15(8-62-2)16(67-31)9-65-73(56,57)70-75(60,61)71-74(58,59)66-11-18-26(25(63-3)33(69-18)46-13-40-20-27(36)38-12-39-28(20)46)72(54,55)64-10-17-23(50)24(51)32(68-17)45-7-5-19(48)41-35(45)53/h4-5,7,12-18,22-26,31-33,49-51H,1,6,8-11H2,2-3H3,(H9-,36,37,38,39,41,42,43,48,52,53,54,55,56,57,58,59,60,61)/t15-,16-,17-,18-,22-,23-,24-,25-,26-,31-,32-,33-/m1/s1. The van der Waals surface area contributed by atoms with E-state index in [0.29, 0.717) is 0 Å². The van der Waals surface area contributed by atoms with E-state index in [-0.39, 0.29) is 47.2 Å². The first-order valence-electron chi connectivity index (χ1n) is 21.6. The third kappa shape index (κ3) is 11.7. The van der Waals surface area contributed by atoms with Gasteiger partial charge in [0.15, 0.2) is 30.2 Å². The molecule has 0 bridgehead atoms. The second kappa shape index (κ2) is 21.9. The van der Waals surface area contributed by atoms with E-state index >= 15 is 0 Å². The molecule has 3 aliphatic rings. The first-order chi connectivity index (χ1) is 35.3. The van der Waals surface area contributed by atoms with Gasteiger partial charge in [0, 0.05) is 32.4 Å². The van der Waals surface area contributed by atoms with E-state index in [1.807, 2.05) is 4.98 Å². The molecule has 40 heteroatoms. The van der Waals surface area contributed by atoms with Crippen molar-refractivity contribution in [3.63, 3.8) is 0 Å². The number of aromatic amines is 2. The molecular weight excluding hydrogens is 1100 g/mol. The van der Waals surface area contributed by atoms with Crippen LogP contribution in [0.3, 0.4) is 0 Å². The number of fused-ring (bicyclic) bond motifs is 2. The van der Waals surface area contributed by atoms with Crippen LogP contribution in [0.5, 0.6) is 0 Å². The molecule has 0 aromatic carbocycles. The van der Waals surface area contributed by atoms with E-state index in [9.17, 15) is 67.5 Å². The van der Waals surface area contributed by atoms with Gasteiger partial charge in [-0.2, -0.15) is 8.62 Å². The number of aliphatic hydroxyl groups excluding tert-OH is 3. The molecule has 3 saturated heterocycles. The average Bonchev–Trinajstić information content (AvgIpc) is 4.14. The Kier molecular flexibility index (Phi) is 16.4. The lowest BCUT2D eigenvalue weighted by Crippen LogP contribution is -2.45. The molecule has 0 radical (unpaired) electrons. The Morgan fingerprint density at radius 1 is 0.840 bits per heavy atom. The van der Waals surface area contributed by atoms with Crippen molar-refractivity contribution >= 4 is 65.2 Å². The first kappa shape index (κ1) is 56.4. The number of methoxy groups -OCH3 is 2. The molecule has 0 aliphatic carbocycles. The molecule has 3 fully saturated rings. The van der Waals surface area contributed by atoms with Crippen molar-refractivity contribution in [3.05, 3.63) is 75.1 Å².